The normalized spacial score (nSPS) is 12.2. The Hall–Kier alpha value is -4.14. The van der Waals surface area contributed by atoms with Crippen molar-refractivity contribution in [2.75, 3.05) is 31.3 Å². The first kappa shape index (κ1) is 24.0. The quantitative estimate of drug-likeness (QED) is 0.206. The number of hydrogen-bond acceptors (Lipinski definition) is 6. The van der Waals surface area contributed by atoms with Crippen LogP contribution < -0.4 is 10.6 Å². The van der Waals surface area contributed by atoms with Gasteiger partial charge in [-0.15, -0.1) is 0 Å². The van der Waals surface area contributed by atoms with Gasteiger partial charge in [-0.2, -0.15) is 0 Å². The number of amides is 1. The maximum atomic E-state index is 12.3. The van der Waals surface area contributed by atoms with Crippen LogP contribution in [0.15, 0.2) is 85.2 Å². The number of hydrogen-bond donors (Lipinski definition) is 4. The van der Waals surface area contributed by atoms with Gasteiger partial charge in [0.2, 0.25) is 0 Å². The average Bonchev–Trinajstić information content (AvgIpc) is 3.27. The fraction of sp³-hybridized carbons (Fsp3) is 0.185. The second kappa shape index (κ2) is 11.3. The Morgan fingerprint density at radius 1 is 1.14 bits per heavy atom. The van der Waals surface area contributed by atoms with Crippen molar-refractivity contribution in [2.24, 2.45) is 0 Å². The minimum absolute atomic E-state index is 0.188. The zero-order valence-electron chi connectivity index (χ0n) is 19.7. The van der Waals surface area contributed by atoms with E-state index in [2.05, 4.69) is 20.6 Å². The molecule has 180 valence electrons. The van der Waals surface area contributed by atoms with Crippen LogP contribution in [0, 0.1) is 0 Å². The summed E-state index contributed by atoms with van der Waals surface area (Å²) < 4.78 is 5.31. The van der Waals surface area contributed by atoms with Crippen LogP contribution in [0.2, 0.25) is 0 Å². The topological polar surface area (TPSA) is 103 Å². The molecular weight excluding hydrogens is 442 g/mol. The lowest BCUT2D eigenvalue weighted by Crippen LogP contribution is -2.17. The van der Waals surface area contributed by atoms with Crippen LogP contribution >= 0.6 is 0 Å². The first-order chi connectivity index (χ1) is 17.0. The van der Waals surface area contributed by atoms with E-state index >= 15 is 0 Å². The smallest absolute Gasteiger partial charge is 0.412 e. The number of aromatic amines is 1. The van der Waals surface area contributed by atoms with E-state index in [9.17, 15) is 9.90 Å². The van der Waals surface area contributed by atoms with Gasteiger partial charge in [0.05, 0.1) is 11.9 Å². The lowest BCUT2D eigenvalue weighted by molar-refractivity contribution is 0.155. The predicted octanol–water partition coefficient (Wildman–Crippen LogP) is 4.83. The number of nitrogens with one attached hydrogen (secondary N) is 3. The highest BCUT2D eigenvalue weighted by Crippen LogP contribution is 2.31. The van der Waals surface area contributed by atoms with Crippen molar-refractivity contribution < 1.29 is 14.6 Å². The van der Waals surface area contributed by atoms with E-state index in [-0.39, 0.29) is 6.61 Å². The second-order valence-corrected chi connectivity index (χ2v) is 8.37. The molecule has 8 heteroatoms. The Balaban J connectivity index is 1.46. The molecule has 4 N–H and O–H groups in total. The number of ether oxygens (including phenoxy) is 1. The minimum Gasteiger partial charge on any atom is -0.444 e. The lowest BCUT2D eigenvalue weighted by atomic mass is 10.0. The zero-order valence-corrected chi connectivity index (χ0v) is 19.7. The lowest BCUT2D eigenvalue weighted by Gasteiger charge is -2.12. The number of fused-ring (bicyclic) bond motifs is 1. The van der Waals surface area contributed by atoms with E-state index < -0.39 is 12.3 Å². The first-order valence-corrected chi connectivity index (χ1v) is 11.3. The summed E-state index contributed by atoms with van der Waals surface area (Å²) in [6.45, 7) is 0.936. The van der Waals surface area contributed by atoms with Crippen LogP contribution in [0.3, 0.4) is 0 Å². The number of benzene rings is 2. The SMILES string of the molecule is CN(C)C/C=C/C(O)Nc1cccc(-c2c[nH]c3ncc(NC(=O)OCc4ccccc4)cc23)c1. The van der Waals surface area contributed by atoms with Gasteiger partial charge in [0, 0.05) is 29.4 Å². The summed E-state index contributed by atoms with van der Waals surface area (Å²) in [5.74, 6) is 0. The van der Waals surface area contributed by atoms with E-state index in [0.717, 1.165) is 34.3 Å². The zero-order chi connectivity index (χ0) is 24.6. The number of rotatable bonds is 9. The fourth-order valence-corrected chi connectivity index (χ4v) is 3.58. The molecule has 0 radical (unpaired) electrons. The Labute approximate surface area is 204 Å². The third kappa shape index (κ3) is 6.69. The molecule has 0 saturated carbocycles. The summed E-state index contributed by atoms with van der Waals surface area (Å²) in [6.07, 6.45) is 5.74. The van der Waals surface area contributed by atoms with Gasteiger partial charge in [0.15, 0.2) is 0 Å². The van der Waals surface area contributed by atoms with Gasteiger partial charge in [0.25, 0.3) is 0 Å². The first-order valence-electron chi connectivity index (χ1n) is 11.3. The standard InChI is InChI=1S/C27H29N5O3/c1-32(2)13-7-12-25(33)30-21-11-6-10-20(14-21)24-17-29-26-23(24)15-22(16-28-26)31-27(34)35-18-19-8-4-3-5-9-19/h3-12,14-17,25,30,33H,13,18H2,1-2H3,(H,28,29)(H,31,34)/b12-7+. The average molecular weight is 472 g/mol. The van der Waals surface area contributed by atoms with Crippen LogP contribution in [0.1, 0.15) is 5.56 Å². The number of nitrogens with zero attached hydrogens (tertiary/aromatic N) is 2. The van der Waals surface area contributed by atoms with E-state index in [1.165, 1.54) is 0 Å². The number of carbonyl (C=O) groups is 1. The molecular formula is C27H29N5O3. The van der Waals surface area contributed by atoms with Crippen LogP contribution in [-0.4, -0.2) is 52.9 Å². The molecule has 2 heterocycles. The van der Waals surface area contributed by atoms with Crippen molar-refractivity contribution in [3.63, 3.8) is 0 Å². The van der Waals surface area contributed by atoms with Gasteiger partial charge in [-0.1, -0.05) is 48.5 Å². The van der Waals surface area contributed by atoms with Crippen molar-refractivity contribution in [3.05, 3.63) is 90.8 Å². The van der Waals surface area contributed by atoms with Crippen molar-refractivity contribution in [1.29, 1.82) is 0 Å². The van der Waals surface area contributed by atoms with E-state index in [1.807, 2.05) is 91.9 Å². The Morgan fingerprint density at radius 3 is 2.77 bits per heavy atom. The summed E-state index contributed by atoms with van der Waals surface area (Å²) >= 11 is 0. The van der Waals surface area contributed by atoms with Crippen molar-refractivity contribution in [2.45, 2.75) is 12.8 Å². The van der Waals surface area contributed by atoms with Crippen LogP contribution in [0.4, 0.5) is 16.2 Å². The monoisotopic (exact) mass is 471 g/mol. The Kier molecular flexibility index (Phi) is 7.77. The highest BCUT2D eigenvalue weighted by atomic mass is 16.5. The molecule has 1 atom stereocenters. The number of pyridine rings is 1. The van der Waals surface area contributed by atoms with Crippen molar-refractivity contribution in [3.8, 4) is 11.1 Å². The number of carbonyl (C=O) groups excluding carboxylic acids is 1. The largest absolute Gasteiger partial charge is 0.444 e. The number of H-pyrrole nitrogens is 1. The third-order valence-corrected chi connectivity index (χ3v) is 5.27. The molecule has 8 nitrogen and oxygen atoms in total. The molecule has 0 saturated heterocycles. The van der Waals surface area contributed by atoms with Crippen molar-refractivity contribution in [1.82, 2.24) is 14.9 Å². The maximum absolute atomic E-state index is 12.3. The molecule has 1 unspecified atom stereocenters. The van der Waals surface area contributed by atoms with Crippen molar-refractivity contribution >= 4 is 28.5 Å². The fourth-order valence-electron chi connectivity index (χ4n) is 3.58. The molecule has 0 fully saturated rings. The van der Waals surface area contributed by atoms with Crippen LogP contribution in [0.25, 0.3) is 22.2 Å². The molecule has 4 rings (SSSR count). The molecule has 35 heavy (non-hydrogen) atoms. The number of aliphatic hydroxyl groups is 1. The summed E-state index contributed by atoms with van der Waals surface area (Å²) in [7, 11) is 3.94. The number of aliphatic hydroxyl groups excluding tert-OH is 1. The summed E-state index contributed by atoms with van der Waals surface area (Å²) in [5, 5.41) is 16.9. The molecule has 0 spiro atoms. The number of likely N-dealkylation sites (N-methyl/N-ethyl adjacent to an activating group) is 1. The summed E-state index contributed by atoms with van der Waals surface area (Å²) in [5.41, 5.74) is 4.80. The van der Waals surface area contributed by atoms with E-state index in [4.69, 9.17) is 4.74 Å². The summed E-state index contributed by atoms with van der Waals surface area (Å²) in [6, 6.07) is 19.1. The van der Waals surface area contributed by atoms with E-state index in [1.54, 1.807) is 12.3 Å². The molecule has 2 aromatic carbocycles. The Morgan fingerprint density at radius 2 is 1.97 bits per heavy atom. The predicted molar refractivity (Wildman–Crippen MR) is 139 cm³/mol. The molecule has 1 amide bonds. The number of anilines is 2. The van der Waals surface area contributed by atoms with E-state index in [0.29, 0.717) is 11.3 Å². The molecule has 0 aliphatic heterocycles. The van der Waals surface area contributed by atoms with Gasteiger partial charge in [-0.3, -0.25) is 5.32 Å². The molecule has 0 aliphatic carbocycles. The molecule has 2 aromatic heterocycles. The van der Waals surface area contributed by atoms with Gasteiger partial charge < -0.3 is 25.0 Å². The maximum Gasteiger partial charge on any atom is 0.412 e. The molecule has 0 aliphatic rings. The highest BCUT2D eigenvalue weighted by molar-refractivity contribution is 5.97. The van der Waals surface area contributed by atoms with Gasteiger partial charge >= 0.3 is 6.09 Å². The Bertz CT molecular complexity index is 1300. The molecule has 0 bridgehead atoms. The van der Waals surface area contributed by atoms with Gasteiger partial charge in [-0.05, 0) is 49.5 Å². The molecule has 4 aromatic rings. The highest BCUT2D eigenvalue weighted by Gasteiger charge is 2.11. The summed E-state index contributed by atoms with van der Waals surface area (Å²) in [4.78, 5) is 21.9. The van der Waals surface area contributed by atoms with Gasteiger partial charge in [-0.25, -0.2) is 9.78 Å². The third-order valence-electron chi connectivity index (χ3n) is 5.27. The number of aromatic nitrogens is 2. The minimum atomic E-state index is -0.799. The van der Waals surface area contributed by atoms with Crippen LogP contribution in [-0.2, 0) is 11.3 Å². The second-order valence-electron chi connectivity index (χ2n) is 8.37. The van der Waals surface area contributed by atoms with Gasteiger partial charge in [0.1, 0.15) is 18.5 Å². The van der Waals surface area contributed by atoms with Crippen LogP contribution in [0.5, 0.6) is 0 Å².